The Morgan fingerprint density at radius 2 is 1.68 bits per heavy atom. The topological polar surface area (TPSA) is 125 Å². The molecule has 3 rings (SSSR count). The molecule has 0 aliphatic carbocycles. The fourth-order valence-corrected chi connectivity index (χ4v) is 3.83. The van der Waals surface area contributed by atoms with Gasteiger partial charge < -0.3 is 37.9 Å². The minimum atomic E-state index is -1.34. The van der Waals surface area contributed by atoms with E-state index in [1.54, 1.807) is 39.0 Å². The fourth-order valence-electron chi connectivity index (χ4n) is 3.83. The monoisotopic (exact) mass is 482 g/mol. The highest BCUT2D eigenvalue weighted by molar-refractivity contribution is 5.67. The first-order valence-electron chi connectivity index (χ1n) is 11.0. The van der Waals surface area contributed by atoms with Crippen molar-refractivity contribution in [3.63, 3.8) is 0 Å². The molecule has 1 aromatic carbocycles. The van der Waals surface area contributed by atoms with E-state index >= 15 is 0 Å². The van der Waals surface area contributed by atoms with Crippen LogP contribution in [0, 0.1) is 5.92 Å². The number of para-hydroxylation sites is 1. The van der Waals surface area contributed by atoms with Crippen LogP contribution in [-0.2, 0) is 38.1 Å². The number of esters is 3. The van der Waals surface area contributed by atoms with Gasteiger partial charge in [0, 0.05) is 33.6 Å². The Bertz CT molecular complexity index is 916. The van der Waals surface area contributed by atoms with Crippen LogP contribution in [0.3, 0.4) is 0 Å². The second-order valence-corrected chi connectivity index (χ2v) is 8.05. The zero-order valence-electron chi connectivity index (χ0n) is 20.0. The molecule has 2 unspecified atom stereocenters. The quantitative estimate of drug-likeness (QED) is 0.400. The molecule has 11 heteroatoms. The summed E-state index contributed by atoms with van der Waals surface area (Å²) in [6, 6.07) is 4.99. The van der Waals surface area contributed by atoms with Crippen LogP contribution in [0.25, 0.3) is 0 Å². The first-order valence-corrected chi connectivity index (χ1v) is 11.0. The van der Waals surface area contributed by atoms with Crippen LogP contribution in [0.2, 0.25) is 0 Å². The Morgan fingerprint density at radius 3 is 2.29 bits per heavy atom. The van der Waals surface area contributed by atoms with Gasteiger partial charge >= 0.3 is 23.9 Å². The molecular formula is C23H30O11. The van der Waals surface area contributed by atoms with E-state index in [9.17, 15) is 14.4 Å². The van der Waals surface area contributed by atoms with E-state index in [0.29, 0.717) is 12.4 Å². The smallest absolute Gasteiger partial charge is 0.369 e. The number of benzene rings is 1. The molecule has 2 aliphatic rings. The van der Waals surface area contributed by atoms with Gasteiger partial charge in [-0.3, -0.25) is 14.4 Å². The van der Waals surface area contributed by atoms with Crippen molar-refractivity contribution in [1.82, 2.24) is 0 Å². The standard InChI is InChI=1S/C23H30O11/c1-7-28-23(6)33-17-10-8-9-16(20(17)34-23)31-22-21(30-15(5)26)19(29-14(4)25)12(2)18(32-22)11-27-13(3)24/h8-10,12,18-19,21-22H,7,11H2,1-6H3/t12-,18-,19?,21-,22-,23?/m1/s1. The summed E-state index contributed by atoms with van der Waals surface area (Å²) >= 11 is 0. The zero-order valence-corrected chi connectivity index (χ0v) is 20.0. The Hall–Kier alpha value is -3.05. The highest BCUT2D eigenvalue weighted by Gasteiger charge is 2.50. The molecule has 6 atom stereocenters. The molecule has 0 bridgehead atoms. The van der Waals surface area contributed by atoms with Crippen molar-refractivity contribution in [2.75, 3.05) is 13.2 Å². The van der Waals surface area contributed by atoms with Gasteiger partial charge in [-0.1, -0.05) is 13.0 Å². The second-order valence-electron chi connectivity index (χ2n) is 8.05. The summed E-state index contributed by atoms with van der Waals surface area (Å²) in [7, 11) is 0. The second kappa shape index (κ2) is 10.5. The van der Waals surface area contributed by atoms with Gasteiger partial charge in [-0.2, -0.15) is 0 Å². The third-order valence-corrected chi connectivity index (χ3v) is 5.24. The maximum Gasteiger partial charge on any atom is 0.369 e. The van der Waals surface area contributed by atoms with Gasteiger partial charge in [0.25, 0.3) is 0 Å². The summed E-state index contributed by atoms with van der Waals surface area (Å²) in [5.74, 6) is -2.65. The van der Waals surface area contributed by atoms with E-state index in [2.05, 4.69) is 0 Å². The number of carbonyl (C=O) groups is 3. The Morgan fingerprint density at radius 1 is 1.00 bits per heavy atom. The molecule has 1 fully saturated rings. The van der Waals surface area contributed by atoms with Crippen molar-refractivity contribution in [1.29, 1.82) is 0 Å². The van der Waals surface area contributed by atoms with Crippen molar-refractivity contribution >= 4 is 17.9 Å². The van der Waals surface area contributed by atoms with E-state index in [-0.39, 0.29) is 18.1 Å². The molecule has 2 aliphatic heterocycles. The molecule has 11 nitrogen and oxygen atoms in total. The Labute approximate surface area is 197 Å². The number of fused-ring (bicyclic) bond motifs is 1. The SMILES string of the molecule is CCOC1(C)Oc2cccc(O[C@@H]3O[C@H](COC(C)=O)[C@@H](C)C(OC(C)=O)[C@H]3OC(C)=O)c2O1. The summed E-state index contributed by atoms with van der Waals surface area (Å²) in [6.07, 6.45) is -3.98. The summed E-state index contributed by atoms with van der Waals surface area (Å²) in [5, 5.41) is 0. The number of hydrogen-bond donors (Lipinski definition) is 0. The lowest BCUT2D eigenvalue weighted by Gasteiger charge is -2.43. The predicted octanol–water partition coefficient (Wildman–Crippen LogP) is 2.33. The molecule has 0 aromatic heterocycles. The van der Waals surface area contributed by atoms with Crippen LogP contribution in [0.4, 0.5) is 0 Å². The summed E-state index contributed by atoms with van der Waals surface area (Å²) < 4.78 is 45.3. The maximum absolute atomic E-state index is 11.9. The lowest BCUT2D eigenvalue weighted by atomic mass is 9.90. The molecule has 0 saturated carbocycles. The van der Waals surface area contributed by atoms with Crippen LogP contribution < -0.4 is 14.2 Å². The van der Waals surface area contributed by atoms with Gasteiger partial charge in [0.2, 0.25) is 18.1 Å². The minimum absolute atomic E-state index is 0.115. The third-order valence-electron chi connectivity index (χ3n) is 5.24. The average molecular weight is 482 g/mol. The van der Waals surface area contributed by atoms with Gasteiger partial charge in [-0.15, -0.1) is 0 Å². The van der Waals surface area contributed by atoms with Crippen LogP contribution >= 0.6 is 0 Å². The maximum atomic E-state index is 11.9. The molecule has 0 spiro atoms. The molecule has 0 amide bonds. The molecule has 1 saturated heterocycles. The van der Waals surface area contributed by atoms with E-state index in [1.165, 1.54) is 20.8 Å². The Kier molecular flexibility index (Phi) is 7.88. The highest BCUT2D eigenvalue weighted by Crippen LogP contribution is 2.47. The van der Waals surface area contributed by atoms with Crippen LogP contribution in [0.5, 0.6) is 17.2 Å². The van der Waals surface area contributed by atoms with Crippen molar-refractivity contribution in [3.8, 4) is 17.2 Å². The van der Waals surface area contributed by atoms with Crippen molar-refractivity contribution in [2.24, 2.45) is 5.92 Å². The molecule has 2 heterocycles. The molecule has 0 radical (unpaired) electrons. The van der Waals surface area contributed by atoms with Crippen LogP contribution in [0.1, 0.15) is 41.5 Å². The summed E-state index contributed by atoms with van der Waals surface area (Å²) in [6.45, 7) is 9.13. The van der Waals surface area contributed by atoms with Crippen molar-refractivity contribution < 1.29 is 52.3 Å². The third kappa shape index (κ3) is 5.89. The molecule has 188 valence electrons. The molecular weight excluding hydrogens is 452 g/mol. The van der Waals surface area contributed by atoms with Gasteiger partial charge in [-0.25, -0.2) is 0 Å². The van der Waals surface area contributed by atoms with Crippen molar-refractivity contribution in [3.05, 3.63) is 18.2 Å². The first kappa shape index (κ1) is 25.6. The average Bonchev–Trinajstić information content (AvgIpc) is 3.08. The van der Waals surface area contributed by atoms with Gasteiger partial charge in [-0.05, 0) is 19.1 Å². The number of hydrogen-bond acceptors (Lipinski definition) is 11. The number of carbonyl (C=O) groups excluding carboxylic acids is 3. The summed E-state index contributed by atoms with van der Waals surface area (Å²) in [4.78, 5) is 35.1. The van der Waals surface area contributed by atoms with Gasteiger partial charge in [0.1, 0.15) is 18.8 Å². The van der Waals surface area contributed by atoms with Crippen molar-refractivity contribution in [2.45, 2.75) is 72.1 Å². The summed E-state index contributed by atoms with van der Waals surface area (Å²) in [5.41, 5.74) is 0. The van der Waals surface area contributed by atoms with E-state index in [1.807, 2.05) is 0 Å². The predicted molar refractivity (Wildman–Crippen MR) is 114 cm³/mol. The van der Waals surface area contributed by atoms with Crippen LogP contribution in [0.15, 0.2) is 18.2 Å². The molecule has 0 N–H and O–H groups in total. The number of ether oxygens (including phenoxy) is 8. The highest BCUT2D eigenvalue weighted by atomic mass is 16.9. The minimum Gasteiger partial charge on any atom is -0.463 e. The Balaban J connectivity index is 1.92. The lowest BCUT2D eigenvalue weighted by molar-refractivity contribution is -0.275. The van der Waals surface area contributed by atoms with E-state index in [0.717, 1.165) is 0 Å². The van der Waals surface area contributed by atoms with Gasteiger partial charge in [0.15, 0.2) is 11.5 Å². The molecule has 1 aromatic rings. The van der Waals surface area contributed by atoms with Crippen LogP contribution in [-0.4, -0.2) is 61.7 Å². The lowest BCUT2D eigenvalue weighted by Crippen LogP contribution is -2.59. The van der Waals surface area contributed by atoms with E-state index in [4.69, 9.17) is 37.9 Å². The van der Waals surface area contributed by atoms with E-state index < -0.39 is 54.4 Å². The first-order chi connectivity index (χ1) is 16.0. The van der Waals surface area contributed by atoms with Gasteiger partial charge in [0.05, 0.1) is 6.61 Å². The number of rotatable bonds is 8. The largest absolute Gasteiger partial charge is 0.463 e. The molecule has 34 heavy (non-hydrogen) atoms. The normalized spacial score (nSPS) is 29.8. The fraction of sp³-hybridized carbons (Fsp3) is 0.609. The zero-order chi connectivity index (χ0) is 25.0.